The van der Waals surface area contributed by atoms with Gasteiger partial charge in [-0.05, 0) is 35.9 Å². The van der Waals surface area contributed by atoms with Gasteiger partial charge in [-0.1, -0.05) is 29.8 Å². The number of carbonyl (C=O) groups is 2. The molecule has 1 aliphatic heterocycles. The van der Waals surface area contributed by atoms with Gasteiger partial charge in [0.05, 0.1) is 0 Å². The molecule has 0 aromatic heterocycles. The van der Waals surface area contributed by atoms with Gasteiger partial charge in [0.2, 0.25) is 0 Å². The molecule has 0 unspecified atom stereocenters. The lowest BCUT2D eigenvalue weighted by Crippen LogP contribution is -2.40. The highest BCUT2D eigenvalue weighted by atomic mass is 35.5. The molecule has 0 fully saturated rings. The average Bonchev–Trinajstić information content (AvgIpc) is 2.65. The highest BCUT2D eigenvalue weighted by Gasteiger charge is 2.15. The monoisotopic (exact) mass is 358 g/mol. The lowest BCUT2D eigenvalue weighted by atomic mass is 10.2. The van der Waals surface area contributed by atoms with Crippen LogP contribution in [0.1, 0.15) is 15.9 Å². The second kappa shape index (κ2) is 7.72. The van der Waals surface area contributed by atoms with Crippen LogP contribution in [0.2, 0.25) is 5.02 Å². The van der Waals surface area contributed by atoms with E-state index in [0.717, 1.165) is 0 Å². The molecule has 0 saturated carbocycles. The Morgan fingerprint density at radius 1 is 1.00 bits per heavy atom. The summed E-state index contributed by atoms with van der Waals surface area (Å²) in [5.74, 6) is 0.153. The van der Waals surface area contributed by atoms with Crippen LogP contribution < -0.4 is 20.3 Å². The predicted octanol–water partition coefficient (Wildman–Crippen LogP) is 2.59. The molecule has 0 saturated heterocycles. The van der Waals surface area contributed by atoms with Crippen molar-refractivity contribution in [3.8, 4) is 11.5 Å². The number of fused-ring (bicyclic) bond motifs is 1. The van der Waals surface area contributed by atoms with Gasteiger partial charge in [0.15, 0.2) is 11.5 Å². The van der Waals surface area contributed by atoms with Crippen LogP contribution in [0.4, 0.5) is 0 Å². The van der Waals surface area contributed by atoms with Gasteiger partial charge in [-0.25, -0.2) is 0 Å². The maximum Gasteiger partial charge on any atom is 0.269 e. The summed E-state index contributed by atoms with van der Waals surface area (Å²) in [6.45, 7) is 0.911. The summed E-state index contributed by atoms with van der Waals surface area (Å²) < 4.78 is 10.8. The molecule has 1 heterocycles. The number of nitrogens with one attached hydrogen (secondary N) is 2. The molecule has 0 radical (unpaired) electrons. The van der Waals surface area contributed by atoms with E-state index in [2.05, 4.69) is 10.9 Å². The lowest BCUT2D eigenvalue weighted by Gasteiger charge is -2.18. The van der Waals surface area contributed by atoms with Gasteiger partial charge >= 0.3 is 0 Å². The molecule has 0 bridgehead atoms. The van der Waals surface area contributed by atoms with Crippen molar-refractivity contribution in [2.24, 2.45) is 0 Å². The maximum atomic E-state index is 12.1. The zero-order valence-electron chi connectivity index (χ0n) is 13.1. The van der Waals surface area contributed by atoms with Crippen molar-refractivity contribution >= 4 is 29.5 Å². The molecule has 0 atom stereocenters. The van der Waals surface area contributed by atoms with E-state index in [1.165, 1.54) is 6.08 Å². The maximum absolute atomic E-state index is 12.1. The first-order chi connectivity index (χ1) is 12.1. The van der Waals surface area contributed by atoms with Crippen LogP contribution in [0.25, 0.3) is 6.08 Å². The number of carbonyl (C=O) groups excluding carboxylic acids is 2. The van der Waals surface area contributed by atoms with Crippen LogP contribution in [0.3, 0.4) is 0 Å². The number of hydrogen-bond donors (Lipinski definition) is 2. The van der Waals surface area contributed by atoms with E-state index in [9.17, 15) is 9.59 Å². The smallest absolute Gasteiger partial charge is 0.269 e. The molecule has 2 aromatic carbocycles. The van der Waals surface area contributed by atoms with E-state index >= 15 is 0 Å². The molecule has 7 heteroatoms. The fraction of sp³-hybridized carbons (Fsp3) is 0.111. The summed E-state index contributed by atoms with van der Waals surface area (Å²) >= 11 is 6.00. The minimum absolute atomic E-state index is 0.347. The van der Waals surface area contributed by atoms with Gasteiger partial charge in [-0.3, -0.25) is 20.4 Å². The van der Waals surface area contributed by atoms with Crippen LogP contribution in [0, 0.1) is 0 Å². The number of hydrazine groups is 1. The first kappa shape index (κ1) is 16.9. The molecule has 2 amide bonds. The second-order valence-electron chi connectivity index (χ2n) is 5.16. The summed E-state index contributed by atoms with van der Waals surface area (Å²) in [5, 5.41) is 0.534. The molecular weight excluding hydrogens is 344 g/mol. The zero-order valence-corrected chi connectivity index (χ0v) is 13.9. The number of halogens is 1. The van der Waals surface area contributed by atoms with Crippen molar-refractivity contribution in [2.45, 2.75) is 0 Å². The lowest BCUT2D eigenvalue weighted by molar-refractivity contribution is -0.117. The van der Waals surface area contributed by atoms with Gasteiger partial charge in [-0.15, -0.1) is 0 Å². The first-order valence-electron chi connectivity index (χ1n) is 7.56. The van der Waals surface area contributed by atoms with Crippen molar-refractivity contribution in [3.05, 3.63) is 64.7 Å². The quantitative estimate of drug-likeness (QED) is 0.653. The summed E-state index contributed by atoms with van der Waals surface area (Å²) in [7, 11) is 0. The Kier molecular flexibility index (Phi) is 5.20. The largest absolute Gasteiger partial charge is 0.486 e. The van der Waals surface area contributed by atoms with E-state index in [-0.39, 0.29) is 0 Å². The normalized spacial score (nSPS) is 12.7. The molecular formula is C18H15ClN2O4. The van der Waals surface area contributed by atoms with Crippen LogP contribution in [-0.2, 0) is 4.79 Å². The van der Waals surface area contributed by atoms with Gasteiger partial charge < -0.3 is 9.47 Å². The highest BCUT2D eigenvalue weighted by molar-refractivity contribution is 6.32. The standard InChI is InChI=1S/C18H15ClN2O4/c19-14-4-2-1-3-12(14)6-8-17(22)20-21-18(23)13-5-7-15-16(11-13)25-10-9-24-15/h1-8,11H,9-10H2,(H,20,22)(H,21,23)/b8-6+. The Morgan fingerprint density at radius 2 is 1.76 bits per heavy atom. The SMILES string of the molecule is O=C(/C=C/c1ccccc1Cl)NNC(=O)c1ccc2c(c1)OCCO2. The van der Waals surface area contributed by atoms with E-state index in [1.807, 2.05) is 6.07 Å². The van der Waals surface area contributed by atoms with Gasteiger partial charge in [-0.2, -0.15) is 0 Å². The molecule has 128 valence electrons. The van der Waals surface area contributed by atoms with Gasteiger partial charge in [0.1, 0.15) is 13.2 Å². The number of ether oxygens (including phenoxy) is 2. The number of amides is 2. The molecule has 3 rings (SSSR count). The van der Waals surface area contributed by atoms with Crippen molar-refractivity contribution in [3.63, 3.8) is 0 Å². The number of benzene rings is 2. The average molecular weight is 359 g/mol. The third-order valence-corrected chi connectivity index (χ3v) is 3.77. The fourth-order valence-corrected chi connectivity index (χ4v) is 2.39. The molecule has 1 aliphatic rings. The summed E-state index contributed by atoms with van der Waals surface area (Å²) in [5.41, 5.74) is 5.70. The Bertz CT molecular complexity index is 836. The summed E-state index contributed by atoms with van der Waals surface area (Å²) in [4.78, 5) is 23.9. The third-order valence-electron chi connectivity index (χ3n) is 3.42. The van der Waals surface area contributed by atoms with E-state index in [0.29, 0.717) is 40.9 Å². The molecule has 0 spiro atoms. The number of rotatable bonds is 3. The van der Waals surface area contributed by atoms with Crippen LogP contribution in [-0.4, -0.2) is 25.0 Å². The second-order valence-corrected chi connectivity index (χ2v) is 5.56. The van der Waals surface area contributed by atoms with Crippen molar-refractivity contribution in [1.82, 2.24) is 10.9 Å². The van der Waals surface area contributed by atoms with Crippen molar-refractivity contribution in [1.29, 1.82) is 0 Å². The summed E-state index contributed by atoms with van der Waals surface area (Å²) in [6.07, 6.45) is 2.85. The van der Waals surface area contributed by atoms with E-state index in [1.54, 1.807) is 42.5 Å². The Morgan fingerprint density at radius 3 is 2.56 bits per heavy atom. The van der Waals surface area contributed by atoms with E-state index < -0.39 is 11.8 Å². The Hall–Kier alpha value is -2.99. The minimum Gasteiger partial charge on any atom is -0.486 e. The molecule has 2 N–H and O–H groups in total. The highest BCUT2D eigenvalue weighted by Crippen LogP contribution is 2.30. The zero-order chi connectivity index (χ0) is 17.6. The molecule has 6 nitrogen and oxygen atoms in total. The third kappa shape index (κ3) is 4.30. The minimum atomic E-state index is -0.481. The van der Waals surface area contributed by atoms with Crippen LogP contribution in [0.15, 0.2) is 48.5 Å². The predicted molar refractivity (Wildman–Crippen MR) is 93.5 cm³/mol. The van der Waals surface area contributed by atoms with Crippen molar-refractivity contribution < 1.29 is 19.1 Å². The van der Waals surface area contributed by atoms with E-state index in [4.69, 9.17) is 21.1 Å². The Balaban J connectivity index is 1.57. The fourth-order valence-electron chi connectivity index (χ4n) is 2.19. The molecule has 25 heavy (non-hydrogen) atoms. The number of hydrogen-bond acceptors (Lipinski definition) is 4. The molecule has 2 aromatic rings. The van der Waals surface area contributed by atoms with Crippen LogP contribution >= 0.6 is 11.6 Å². The Labute approximate surface area is 149 Å². The van der Waals surface area contributed by atoms with Crippen molar-refractivity contribution in [2.75, 3.05) is 13.2 Å². The van der Waals surface area contributed by atoms with Gasteiger partial charge in [0, 0.05) is 16.7 Å². The summed E-state index contributed by atoms with van der Waals surface area (Å²) in [6, 6.07) is 11.9. The molecule has 0 aliphatic carbocycles. The van der Waals surface area contributed by atoms with Gasteiger partial charge in [0.25, 0.3) is 11.8 Å². The first-order valence-corrected chi connectivity index (χ1v) is 7.94. The topological polar surface area (TPSA) is 76.7 Å². The van der Waals surface area contributed by atoms with Crippen LogP contribution in [0.5, 0.6) is 11.5 Å².